The molecule has 0 bridgehead atoms. The maximum atomic E-state index is 14.0. The van der Waals surface area contributed by atoms with Crippen molar-refractivity contribution in [2.75, 3.05) is 44.3 Å². The highest BCUT2D eigenvalue weighted by molar-refractivity contribution is 5.76. The van der Waals surface area contributed by atoms with Crippen LogP contribution in [-0.2, 0) is 9.53 Å². The molecule has 3 aliphatic heterocycles. The van der Waals surface area contributed by atoms with E-state index in [1.807, 2.05) is 12.1 Å². The van der Waals surface area contributed by atoms with Gasteiger partial charge in [0.1, 0.15) is 11.2 Å². The first-order valence-corrected chi connectivity index (χ1v) is 9.15. The van der Waals surface area contributed by atoms with Gasteiger partial charge in [-0.3, -0.25) is 9.69 Å². The lowest BCUT2D eigenvalue weighted by molar-refractivity contribution is -0.159. The SMILES string of the molecule is O=C(O)[C@]12COCC[C@H]1CN(C1CCN(c3ccccc3F)CC1)C2. The number of carbonyl (C=O) groups is 1. The number of piperidine rings is 1. The normalized spacial score (nSPS) is 31.1. The van der Waals surface area contributed by atoms with E-state index in [1.54, 1.807) is 6.07 Å². The second-order valence-corrected chi connectivity index (χ2v) is 7.60. The Morgan fingerprint density at radius 3 is 2.68 bits per heavy atom. The zero-order valence-electron chi connectivity index (χ0n) is 14.4. The molecule has 0 aliphatic carbocycles. The van der Waals surface area contributed by atoms with E-state index < -0.39 is 11.4 Å². The first-order valence-electron chi connectivity index (χ1n) is 9.15. The van der Waals surface area contributed by atoms with Crippen LogP contribution >= 0.6 is 0 Å². The van der Waals surface area contributed by atoms with E-state index in [-0.39, 0.29) is 11.7 Å². The molecule has 1 N–H and O–H groups in total. The van der Waals surface area contributed by atoms with E-state index in [0.717, 1.165) is 38.9 Å². The minimum Gasteiger partial charge on any atom is -0.481 e. The van der Waals surface area contributed by atoms with Crippen molar-refractivity contribution in [3.05, 3.63) is 30.1 Å². The Balaban J connectivity index is 1.42. The number of ether oxygens (including phenoxy) is 1. The fourth-order valence-electron chi connectivity index (χ4n) is 4.79. The molecule has 25 heavy (non-hydrogen) atoms. The number of nitrogens with zero attached hydrogens (tertiary/aromatic N) is 2. The third kappa shape index (κ3) is 2.91. The van der Waals surface area contributed by atoms with Crippen molar-refractivity contribution in [3.63, 3.8) is 0 Å². The average Bonchev–Trinajstić information content (AvgIpc) is 3.03. The molecule has 3 heterocycles. The van der Waals surface area contributed by atoms with E-state index in [2.05, 4.69) is 9.80 Å². The fraction of sp³-hybridized carbons (Fsp3) is 0.632. The van der Waals surface area contributed by atoms with Crippen LogP contribution < -0.4 is 4.90 Å². The number of hydrogen-bond acceptors (Lipinski definition) is 4. The Hall–Kier alpha value is -1.66. The largest absolute Gasteiger partial charge is 0.481 e. The quantitative estimate of drug-likeness (QED) is 0.908. The van der Waals surface area contributed by atoms with E-state index >= 15 is 0 Å². The Kier molecular flexibility index (Phi) is 4.41. The highest BCUT2D eigenvalue weighted by atomic mass is 19.1. The summed E-state index contributed by atoms with van der Waals surface area (Å²) in [5.74, 6) is -0.707. The highest BCUT2D eigenvalue weighted by Crippen LogP contribution is 2.43. The van der Waals surface area contributed by atoms with E-state index in [1.165, 1.54) is 6.07 Å². The van der Waals surface area contributed by atoms with Gasteiger partial charge in [-0.05, 0) is 37.3 Å². The maximum absolute atomic E-state index is 14.0. The van der Waals surface area contributed by atoms with Crippen molar-refractivity contribution < 1.29 is 19.0 Å². The summed E-state index contributed by atoms with van der Waals surface area (Å²) in [4.78, 5) is 16.4. The lowest BCUT2D eigenvalue weighted by Crippen LogP contribution is -2.48. The van der Waals surface area contributed by atoms with Gasteiger partial charge in [-0.25, -0.2) is 4.39 Å². The molecule has 0 spiro atoms. The van der Waals surface area contributed by atoms with Crippen LogP contribution in [-0.4, -0.2) is 61.4 Å². The fourth-order valence-corrected chi connectivity index (χ4v) is 4.79. The van der Waals surface area contributed by atoms with Crippen LogP contribution in [0.1, 0.15) is 19.3 Å². The van der Waals surface area contributed by atoms with Crippen molar-refractivity contribution in [2.45, 2.75) is 25.3 Å². The average molecular weight is 348 g/mol. The number of aliphatic carboxylic acids is 1. The number of likely N-dealkylation sites (tertiary alicyclic amines) is 1. The zero-order chi connectivity index (χ0) is 17.4. The van der Waals surface area contributed by atoms with Crippen LogP contribution in [0, 0.1) is 17.2 Å². The van der Waals surface area contributed by atoms with E-state index in [0.29, 0.717) is 31.5 Å². The van der Waals surface area contributed by atoms with Gasteiger partial charge in [0.05, 0.1) is 12.3 Å². The standard InChI is InChI=1S/C19H25FN2O3/c20-16-3-1-2-4-17(16)21-8-5-15(6-9-21)22-11-14-7-10-25-13-19(14,12-22)18(23)24/h1-4,14-15H,5-13H2,(H,23,24)/t14-,19+/m0/s1. The van der Waals surface area contributed by atoms with Crippen LogP contribution in [0.25, 0.3) is 0 Å². The molecule has 0 unspecified atom stereocenters. The summed E-state index contributed by atoms with van der Waals surface area (Å²) < 4.78 is 19.5. The number of rotatable bonds is 3. The molecule has 3 aliphatic rings. The van der Waals surface area contributed by atoms with Gasteiger partial charge in [0.25, 0.3) is 0 Å². The summed E-state index contributed by atoms with van der Waals surface area (Å²) in [6.07, 6.45) is 2.71. The first-order chi connectivity index (χ1) is 12.1. The molecule has 1 aromatic carbocycles. The van der Waals surface area contributed by atoms with Crippen molar-refractivity contribution in [3.8, 4) is 0 Å². The molecule has 6 heteroatoms. The third-order valence-corrected chi connectivity index (χ3v) is 6.29. The molecule has 2 atom stereocenters. The van der Waals surface area contributed by atoms with Crippen LogP contribution in [0.3, 0.4) is 0 Å². The number of benzene rings is 1. The maximum Gasteiger partial charge on any atom is 0.313 e. The van der Waals surface area contributed by atoms with Crippen molar-refractivity contribution in [1.82, 2.24) is 4.90 Å². The molecular formula is C19H25FN2O3. The minimum atomic E-state index is -0.735. The number of para-hydroxylation sites is 1. The summed E-state index contributed by atoms with van der Waals surface area (Å²) in [5.41, 5.74) is -0.0626. The summed E-state index contributed by atoms with van der Waals surface area (Å²) in [6.45, 7) is 4.04. The van der Waals surface area contributed by atoms with Crippen molar-refractivity contribution in [2.24, 2.45) is 11.3 Å². The first kappa shape index (κ1) is 16.8. The second kappa shape index (κ2) is 6.57. The number of carboxylic acid groups (broad SMARTS) is 1. The van der Waals surface area contributed by atoms with Gasteiger partial charge >= 0.3 is 5.97 Å². The van der Waals surface area contributed by atoms with Crippen molar-refractivity contribution >= 4 is 11.7 Å². The number of carboxylic acids is 1. The third-order valence-electron chi connectivity index (χ3n) is 6.29. The van der Waals surface area contributed by atoms with Gasteiger partial charge in [-0.15, -0.1) is 0 Å². The molecule has 0 saturated carbocycles. The molecule has 4 rings (SSSR count). The van der Waals surface area contributed by atoms with Crippen LogP contribution in [0.15, 0.2) is 24.3 Å². The lowest BCUT2D eigenvalue weighted by atomic mass is 9.76. The zero-order valence-corrected chi connectivity index (χ0v) is 14.4. The molecule has 3 saturated heterocycles. The summed E-state index contributed by atoms with van der Waals surface area (Å²) in [6, 6.07) is 7.29. The van der Waals surface area contributed by atoms with Crippen LogP contribution in [0.5, 0.6) is 0 Å². The Bertz CT molecular complexity index is 647. The molecule has 136 valence electrons. The monoisotopic (exact) mass is 348 g/mol. The smallest absolute Gasteiger partial charge is 0.313 e. The summed E-state index contributed by atoms with van der Waals surface area (Å²) >= 11 is 0. The van der Waals surface area contributed by atoms with E-state index in [9.17, 15) is 14.3 Å². The van der Waals surface area contributed by atoms with Crippen molar-refractivity contribution in [1.29, 1.82) is 0 Å². The molecule has 1 aromatic rings. The second-order valence-electron chi connectivity index (χ2n) is 7.60. The van der Waals surface area contributed by atoms with Gasteiger partial charge in [0, 0.05) is 38.8 Å². The molecule has 0 amide bonds. The van der Waals surface area contributed by atoms with E-state index in [4.69, 9.17) is 4.74 Å². The molecular weight excluding hydrogens is 323 g/mol. The Labute approximate surface area is 147 Å². The summed E-state index contributed by atoms with van der Waals surface area (Å²) in [5, 5.41) is 9.78. The molecule has 3 fully saturated rings. The Morgan fingerprint density at radius 2 is 2.00 bits per heavy atom. The molecule has 0 radical (unpaired) electrons. The van der Waals surface area contributed by atoms with Gasteiger partial charge in [0.15, 0.2) is 0 Å². The topological polar surface area (TPSA) is 53.0 Å². The number of halogens is 1. The molecule has 0 aromatic heterocycles. The summed E-state index contributed by atoms with van der Waals surface area (Å²) in [7, 11) is 0. The highest BCUT2D eigenvalue weighted by Gasteiger charge is 2.55. The van der Waals surface area contributed by atoms with Gasteiger partial charge < -0.3 is 14.7 Å². The Morgan fingerprint density at radius 1 is 1.24 bits per heavy atom. The van der Waals surface area contributed by atoms with Gasteiger partial charge in [0.2, 0.25) is 0 Å². The lowest BCUT2D eigenvalue weighted by Gasteiger charge is -2.38. The molecule has 5 nitrogen and oxygen atoms in total. The van der Waals surface area contributed by atoms with Crippen LogP contribution in [0.2, 0.25) is 0 Å². The number of hydrogen-bond donors (Lipinski definition) is 1. The number of anilines is 1. The predicted molar refractivity (Wildman–Crippen MR) is 92.2 cm³/mol. The predicted octanol–water partition coefficient (Wildman–Crippen LogP) is 2.22. The van der Waals surface area contributed by atoms with Gasteiger partial charge in [-0.2, -0.15) is 0 Å². The van der Waals surface area contributed by atoms with Gasteiger partial charge in [-0.1, -0.05) is 12.1 Å². The van der Waals surface area contributed by atoms with Crippen LogP contribution in [0.4, 0.5) is 10.1 Å². The number of fused-ring (bicyclic) bond motifs is 1. The minimum absolute atomic E-state index is 0.171.